The SMILES string of the molecule is CNC1CCCCCCC1Sc1ccc2c(c1)OCCO2. The van der Waals surface area contributed by atoms with Crippen molar-refractivity contribution < 1.29 is 9.47 Å². The fourth-order valence-electron chi connectivity index (χ4n) is 3.19. The average Bonchev–Trinajstić information content (AvgIpc) is 2.50. The van der Waals surface area contributed by atoms with E-state index in [1.54, 1.807) is 0 Å². The van der Waals surface area contributed by atoms with Gasteiger partial charge in [-0.3, -0.25) is 0 Å². The van der Waals surface area contributed by atoms with Gasteiger partial charge in [-0.25, -0.2) is 0 Å². The summed E-state index contributed by atoms with van der Waals surface area (Å²) in [7, 11) is 2.10. The van der Waals surface area contributed by atoms with Crippen LogP contribution in [0.4, 0.5) is 0 Å². The minimum absolute atomic E-state index is 0.614. The van der Waals surface area contributed by atoms with Gasteiger partial charge in [0.2, 0.25) is 0 Å². The number of nitrogens with one attached hydrogen (secondary N) is 1. The molecule has 1 aliphatic carbocycles. The van der Waals surface area contributed by atoms with Crippen LogP contribution in [0.2, 0.25) is 0 Å². The lowest BCUT2D eigenvalue weighted by atomic mass is 9.96. The van der Waals surface area contributed by atoms with Crippen molar-refractivity contribution in [3.63, 3.8) is 0 Å². The van der Waals surface area contributed by atoms with Gasteiger partial charge in [-0.15, -0.1) is 11.8 Å². The van der Waals surface area contributed by atoms with E-state index in [0.29, 0.717) is 24.5 Å². The van der Waals surface area contributed by atoms with Crippen molar-refractivity contribution >= 4 is 11.8 Å². The van der Waals surface area contributed by atoms with Gasteiger partial charge in [0.1, 0.15) is 13.2 Å². The minimum atomic E-state index is 0.614. The normalized spacial score (nSPS) is 26.0. The lowest BCUT2D eigenvalue weighted by Gasteiger charge is -2.29. The van der Waals surface area contributed by atoms with Gasteiger partial charge in [0.25, 0.3) is 0 Å². The molecule has 0 radical (unpaired) electrons. The Bertz CT molecular complexity index is 466. The first-order valence-corrected chi connectivity index (χ1v) is 8.98. The van der Waals surface area contributed by atoms with Crippen LogP contribution >= 0.6 is 11.8 Å². The number of hydrogen-bond donors (Lipinski definition) is 1. The molecule has 3 nitrogen and oxygen atoms in total. The highest BCUT2D eigenvalue weighted by molar-refractivity contribution is 8.00. The fraction of sp³-hybridized carbons (Fsp3) is 0.647. The molecule has 0 spiro atoms. The summed E-state index contributed by atoms with van der Waals surface area (Å²) < 4.78 is 11.3. The summed E-state index contributed by atoms with van der Waals surface area (Å²) in [6.07, 6.45) is 8.06. The largest absolute Gasteiger partial charge is 0.486 e. The summed E-state index contributed by atoms with van der Waals surface area (Å²) in [6.45, 7) is 1.31. The molecule has 21 heavy (non-hydrogen) atoms. The van der Waals surface area contributed by atoms with Gasteiger partial charge >= 0.3 is 0 Å². The molecule has 0 amide bonds. The van der Waals surface area contributed by atoms with E-state index in [9.17, 15) is 0 Å². The zero-order valence-corrected chi connectivity index (χ0v) is 13.6. The van der Waals surface area contributed by atoms with Crippen LogP contribution in [0.15, 0.2) is 23.1 Å². The Morgan fingerprint density at radius 1 is 1.00 bits per heavy atom. The molecule has 0 bridgehead atoms. The molecular weight excluding hydrogens is 282 g/mol. The lowest BCUT2D eigenvalue weighted by molar-refractivity contribution is 0.171. The molecule has 1 aliphatic heterocycles. The number of fused-ring (bicyclic) bond motifs is 1. The summed E-state index contributed by atoms with van der Waals surface area (Å²) in [5.41, 5.74) is 0. The third-order valence-corrected chi connectivity index (χ3v) is 5.77. The Labute approximate surface area is 131 Å². The molecule has 1 aromatic rings. The number of benzene rings is 1. The Morgan fingerprint density at radius 3 is 2.57 bits per heavy atom. The van der Waals surface area contributed by atoms with Crippen molar-refractivity contribution in [3.8, 4) is 11.5 Å². The van der Waals surface area contributed by atoms with Crippen LogP contribution in [0.5, 0.6) is 11.5 Å². The van der Waals surface area contributed by atoms with E-state index in [4.69, 9.17) is 9.47 Å². The molecule has 0 saturated heterocycles. The molecule has 0 aromatic heterocycles. The highest BCUT2D eigenvalue weighted by Gasteiger charge is 2.23. The van der Waals surface area contributed by atoms with E-state index in [-0.39, 0.29) is 0 Å². The van der Waals surface area contributed by atoms with E-state index in [1.165, 1.54) is 43.4 Å². The van der Waals surface area contributed by atoms with E-state index in [2.05, 4.69) is 24.5 Å². The van der Waals surface area contributed by atoms with Gasteiger partial charge in [0.05, 0.1) is 0 Å². The van der Waals surface area contributed by atoms with Crippen LogP contribution in [0, 0.1) is 0 Å². The maximum absolute atomic E-state index is 5.70. The summed E-state index contributed by atoms with van der Waals surface area (Å²) in [4.78, 5) is 1.30. The third-order valence-electron chi connectivity index (χ3n) is 4.37. The minimum Gasteiger partial charge on any atom is -0.486 e. The second-order valence-corrected chi connectivity index (χ2v) is 7.16. The highest BCUT2D eigenvalue weighted by atomic mass is 32.2. The molecule has 2 unspecified atom stereocenters. The number of hydrogen-bond acceptors (Lipinski definition) is 4. The van der Waals surface area contributed by atoms with Crippen LogP contribution in [0.3, 0.4) is 0 Å². The maximum Gasteiger partial charge on any atom is 0.162 e. The van der Waals surface area contributed by atoms with Gasteiger partial charge in [-0.2, -0.15) is 0 Å². The molecule has 2 aliphatic rings. The molecule has 1 heterocycles. The summed E-state index contributed by atoms with van der Waals surface area (Å²) in [5.74, 6) is 1.78. The van der Waals surface area contributed by atoms with E-state index >= 15 is 0 Å². The first-order valence-electron chi connectivity index (χ1n) is 8.10. The average molecular weight is 307 g/mol. The maximum atomic E-state index is 5.70. The monoisotopic (exact) mass is 307 g/mol. The standard InChI is InChI=1S/C17H25NO2S/c1-18-14-6-4-2-3-5-7-17(14)21-13-8-9-15-16(12-13)20-11-10-19-15/h8-9,12,14,17-18H,2-7,10-11H2,1H3. The first-order chi connectivity index (χ1) is 10.4. The van der Waals surface area contributed by atoms with Gasteiger partial charge in [0, 0.05) is 16.2 Å². The van der Waals surface area contributed by atoms with Gasteiger partial charge in [-0.1, -0.05) is 25.7 Å². The number of ether oxygens (including phenoxy) is 2. The molecular formula is C17H25NO2S. The zero-order valence-electron chi connectivity index (χ0n) is 12.8. The van der Waals surface area contributed by atoms with Crippen LogP contribution in [-0.2, 0) is 0 Å². The highest BCUT2D eigenvalue weighted by Crippen LogP contribution is 2.38. The molecule has 116 valence electrons. The topological polar surface area (TPSA) is 30.5 Å². The lowest BCUT2D eigenvalue weighted by Crippen LogP contribution is -2.36. The second-order valence-electron chi connectivity index (χ2n) is 5.85. The predicted molar refractivity (Wildman–Crippen MR) is 87.6 cm³/mol. The zero-order chi connectivity index (χ0) is 14.5. The van der Waals surface area contributed by atoms with Crippen LogP contribution < -0.4 is 14.8 Å². The van der Waals surface area contributed by atoms with Crippen molar-refractivity contribution in [1.29, 1.82) is 0 Å². The van der Waals surface area contributed by atoms with Crippen LogP contribution in [0.1, 0.15) is 38.5 Å². The Hall–Kier alpha value is -0.870. The third kappa shape index (κ3) is 3.86. The molecule has 1 N–H and O–H groups in total. The summed E-state index contributed by atoms with van der Waals surface area (Å²) in [5, 5.41) is 4.18. The van der Waals surface area contributed by atoms with Crippen molar-refractivity contribution in [2.75, 3.05) is 20.3 Å². The van der Waals surface area contributed by atoms with E-state index < -0.39 is 0 Å². The van der Waals surface area contributed by atoms with Gasteiger partial charge < -0.3 is 14.8 Å². The number of rotatable bonds is 3. The van der Waals surface area contributed by atoms with Gasteiger partial charge in [0.15, 0.2) is 11.5 Å². The van der Waals surface area contributed by atoms with Crippen LogP contribution in [0.25, 0.3) is 0 Å². The molecule has 1 fully saturated rings. The molecule has 4 heteroatoms. The van der Waals surface area contributed by atoms with Crippen molar-refractivity contribution in [1.82, 2.24) is 5.32 Å². The Kier molecular flexibility index (Phi) is 5.31. The second kappa shape index (κ2) is 7.41. The summed E-state index contributed by atoms with van der Waals surface area (Å²) in [6, 6.07) is 6.98. The van der Waals surface area contributed by atoms with Crippen molar-refractivity contribution in [2.24, 2.45) is 0 Å². The molecule has 3 rings (SSSR count). The molecule has 1 aromatic carbocycles. The predicted octanol–water partition coefficient (Wildman–Crippen LogP) is 3.86. The Balaban J connectivity index is 1.71. The summed E-state index contributed by atoms with van der Waals surface area (Å²) >= 11 is 1.99. The fourth-order valence-corrected chi connectivity index (χ4v) is 4.59. The van der Waals surface area contributed by atoms with E-state index in [0.717, 1.165) is 11.5 Å². The van der Waals surface area contributed by atoms with Gasteiger partial charge in [-0.05, 0) is 38.1 Å². The van der Waals surface area contributed by atoms with Crippen molar-refractivity contribution in [2.45, 2.75) is 54.7 Å². The first kappa shape index (κ1) is 15.0. The van der Waals surface area contributed by atoms with Crippen LogP contribution in [-0.4, -0.2) is 31.6 Å². The molecule has 2 atom stereocenters. The smallest absolute Gasteiger partial charge is 0.162 e. The number of thioether (sulfide) groups is 1. The molecule has 1 saturated carbocycles. The van der Waals surface area contributed by atoms with E-state index in [1.807, 2.05) is 17.8 Å². The Morgan fingerprint density at radius 2 is 1.76 bits per heavy atom. The quantitative estimate of drug-likeness (QED) is 0.918. The van der Waals surface area contributed by atoms with Crippen molar-refractivity contribution in [3.05, 3.63) is 18.2 Å².